The van der Waals surface area contributed by atoms with E-state index >= 15 is 0 Å². The second kappa shape index (κ2) is 3.54. The Labute approximate surface area is 68.2 Å². The summed E-state index contributed by atoms with van der Waals surface area (Å²) < 4.78 is 23.9. The van der Waals surface area contributed by atoms with Crippen molar-refractivity contribution in [2.75, 3.05) is 12.8 Å². The van der Waals surface area contributed by atoms with Crippen LogP contribution in [-0.4, -0.2) is 21.2 Å². The second-order valence-electron chi connectivity index (χ2n) is 3.27. The maximum absolute atomic E-state index is 10.7. The highest BCUT2D eigenvalue weighted by molar-refractivity contribution is 7.88. The molecule has 0 spiro atoms. The zero-order valence-electron chi connectivity index (χ0n) is 6.84. The van der Waals surface area contributed by atoms with Gasteiger partial charge in [-0.25, -0.2) is 13.1 Å². The quantitative estimate of drug-likeness (QED) is 0.690. The van der Waals surface area contributed by atoms with Gasteiger partial charge in [0.1, 0.15) is 0 Å². The van der Waals surface area contributed by atoms with Crippen LogP contribution in [0.25, 0.3) is 0 Å². The van der Waals surface area contributed by atoms with Crippen LogP contribution < -0.4 is 4.72 Å². The summed E-state index contributed by atoms with van der Waals surface area (Å²) in [7, 11) is -2.96. The highest BCUT2D eigenvalue weighted by Gasteiger charge is 2.15. The highest BCUT2D eigenvalue weighted by Crippen LogP contribution is 2.23. The lowest BCUT2D eigenvalue weighted by molar-refractivity contribution is 0.522. The maximum atomic E-state index is 10.7. The Balaban J connectivity index is 2.22. The summed E-state index contributed by atoms with van der Waals surface area (Å²) in [6, 6.07) is 0. The zero-order valence-corrected chi connectivity index (χ0v) is 7.65. The lowest BCUT2D eigenvalue weighted by Gasteiger charge is -2.07. The normalized spacial score (nSPS) is 20.8. The topological polar surface area (TPSA) is 46.2 Å². The van der Waals surface area contributed by atoms with E-state index in [-0.39, 0.29) is 0 Å². The van der Waals surface area contributed by atoms with E-state index in [0.29, 0.717) is 12.5 Å². The van der Waals surface area contributed by atoms with Gasteiger partial charge in [-0.3, -0.25) is 0 Å². The summed E-state index contributed by atoms with van der Waals surface area (Å²) >= 11 is 0. The van der Waals surface area contributed by atoms with Gasteiger partial charge in [0.05, 0.1) is 6.26 Å². The average Bonchev–Trinajstić information content (AvgIpc) is 2.32. The van der Waals surface area contributed by atoms with Gasteiger partial charge in [-0.1, -0.05) is 12.8 Å². The molecule has 0 unspecified atom stereocenters. The summed E-state index contributed by atoms with van der Waals surface area (Å²) in [4.78, 5) is 0. The fourth-order valence-corrected chi connectivity index (χ4v) is 2.02. The van der Waals surface area contributed by atoms with Crippen molar-refractivity contribution in [3.05, 3.63) is 0 Å². The summed E-state index contributed by atoms with van der Waals surface area (Å²) in [5, 5.41) is 0. The first-order valence-electron chi connectivity index (χ1n) is 4.02. The number of hydrogen-bond acceptors (Lipinski definition) is 2. The Bertz CT molecular complexity index is 204. The zero-order chi connectivity index (χ0) is 8.32. The van der Waals surface area contributed by atoms with Crippen molar-refractivity contribution in [3.8, 4) is 0 Å². The molecular formula is C7H15NO2S. The minimum absolute atomic E-state index is 0.588. The van der Waals surface area contributed by atoms with E-state index in [1.807, 2.05) is 0 Å². The van der Waals surface area contributed by atoms with E-state index in [0.717, 1.165) is 0 Å². The molecule has 0 aromatic heterocycles. The number of hydrogen-bond donors (Lipinski definition) is 1. The summed E-state index contributed by atoms with van der Waals surface area (Å²) in [5.41, 5.74) is 0. The SMILES string of the molecule is CS(=O)(=O)NCC1CCCC1. The standard InChI is InChI=1S/C7H15NO2S/c1-11(9,10)8-6-7-4-2-3-5-7/h7-8H,2-6H2,1H3. The molecule has 1 saturated carbocycles. The second-order valence-corrected chi connectivity index (χ2v) is 5.10. The fourth-order valence-electron chi connectivity index (χ4n) is 1.48. The van der Waals surface area contributed by atoms with Crippen molar-refractivity contribution in [1.82, 2.24) is 4.72 Å². The van der Waals surface area contributed by atoms with Crippen molar-refractivity contribution in [2.45, 2.75) is 25.7 Å². The molecule has 11 heavy (non-hydrogen) atoms. The van der Waals surface area contributed by atoms with Gasteiger partial charge in [-0.2, -0.15) is 0 Å². The van der Waals surface area contributed by atoms with E-state index in [4.69, 9.17) is 0 Å². The van der Waals surface area contributed by atoms with Crippen molar-refractivity contribution in [1.29, 1.82) is 0 Å². The molecule has 0 aromatic rings. The molecule has 0 aromatic carbocycles. The highest BCUT2D eigenvalue weighted by atomic mass is 32.2. The van der Waals surface area contributed by atoms with E-state index in [1.165, 1.54) is 31.9 Å². The number of rotatable bonds is 3. The Morgan fingerprint density at radius 2 is 1.91 bits per heavy atom. The molecule has 4 heteroatoms. The molecule has 0 aliphatic heterocycles. The van der Waals surface area contributed by atoms with Gasteiger partial charge < -0.3 is 0 Å². The third-order valence-corrected chi connectivity index (χ3v) is 2.80. The largest absolute Gasteiger partial charge is 0.215 e. The van der Waals surface area contributed by atoms with Crippen LogP contribution in [0, 0.1) is 5.92 Å². The van der Waals surface area contributed by atoms with E-state index in [1.54, 1.807) is 0 Å². The first-order valence-corrected chi connectivity index (χ1v) is 5.92. The van der Waals surface area contributed by atoms with E-state index in [9.17, 15) is 8.42 Å². The fraction of sp³-hybridized carbons (Fsp3) is 1.00. The van der Waals surface area contributed by atoms with Crippen molar-refractivity contribution in [3.63, 3.8) is 0 Å². The smallest absolute Gasteiger partial charge is 0.208 e. The molecule has 0 bridgehead atoms. The minimum Gasteiger partial charge on any atom is -0.215 e. The van der Waals surface area contributed by atoms with Crippen LogP contribution >= 0.6 is 0 Å². The van der Waals surface area contributed by atoms with Crippen LogP contribution in [0.1, 0.15) is 25.7 Å². The summed E-state index contributed by atoms with van der Waals surface area (Å²) in [5.74, 6) is 0.588. The van der Waals surface area contributed by atoms with Gasteiger partial charge >= 0.3 is 0 Å². The number of sulfonamides is 1. The molecule has 0 saturated heterocycles. The lowest BCUT2D eigenvalue weighted by atomic mass is 10.1. The molecule has 1 rings (SSSR count). The average molecular weight is 177 g/mol. The third kappa shape index (κ3) is 3.72. The predicted molar refractivity (Wildman–Crippen MR) is 44.8 cm³/mol. The van der Waals surface area contributed by atoms with Crippen LogP contribution in [0.5, 0.6) is 0 Å². The molecule has 1 fully saturated rings. The van der Waals surface area contributed by atoms with Gasteiger partial charge in [0.25, 0.3) is 0 Å². The van der Waals surface area contributed by atoms with E-state index < -0.39 is 10.0 Å². The van der Waals surface area contributed by atoms with Gasteiger partial charge in [0, 0.05) is 6.54 Å². The minimum atomic E-state index is -2.96. The molecule has 0 amide bonds. The van der Waals surface area contributed by atoms with Crippen molar-refractivity contribution >= 4 is 10.0 Å². The Morgan fingerprint density at radius 3 is 2.36 bits per heavy atom. The van der Waals surface area contributed by atoms with Crippen LogP contribution in [0.4, 0.5) is 0 Å². The summed E-state index contributed by atoms with van der Waals surface area (Å²) in [6.07, 6.45) is 6.10. The first-order chi connectivity index (χ1) is 5.08. The monoisotopic (exact) mass is 177 g/mol. The molecule has 0 atom stereocenters. The van der Waals surface area contributed by atoms with Crippen LogP contribution in [0.15, 0.2) is 0 Å². The molecule has 0 heterocycles. The van der Waals surface area contributed by atoms with Crippen LogP contribution in [0.3, 0.4) is 0 Å². The van der Waals surface area contributed by atoms with Gasteiger partial charge in [0.15, 0.2) is 0 Å². The van der Waals surface area contributed by atoms with Crippen molar-refractivity contribution in [2.24, 2.45) is 5.92 Å². The van der Waals surface area contributed by atoms with Crippen molar-refractivity contribution < 1.29 is 8.42 Å². The third-order valence-electron chi connectivity index (χ3n) is 2.11. The Morgan fingerprint density at radius 1 is 1.36 bits per heavy atom. The summed E-state index contributed by atoms with van der Waals surface area (Å²) in [6.45, 7) is 0.638. The van der Waals surface area contributed by atoms with Gasteiger partial charge in [-0.15, -0.1) is 0 Å². The maximum Gasteiger partial charge on any atom is 0.208 e. The molecule has 1 N–H and O–H groups in total. The molecular weight excluding hydrogens is 162 g/mol. The predicted octanol–water partition coefficient (Wildman–Crippen LogP) is 0.726. The molecule has 1 aliphatic rings. The Kier molecular flexibility index (Phi) is 2.90. The first kappa shape index (κ1) is 9.00. The lowest BCUT2D eigenvalue weighted by Crippen LogP contribution is -2.27. The molecule has 0 radical (unpaired) electrons. The number of nitrogens with one attached hydrogen (secondary N) is 1. The van der Waals surface area contributed by atoms with Gasteiger partial charge in [0.2, 0.25) is 10.0 Å². The Hall–Kier alpha value is -0.0900. The van der Waals surface area contributed by atoms with Crippen LogP contribution in [-0.2, 0) is 10.0 Å². The molecule has 1 aliphatic carbocycles. The van der Waals surface area contributed by atoms with E-state index in [2.05, 4.69) is 4.72 Å². The molecule has 66 valence electrons. The van der Waals surface area contributed by atoms with Gasteiger partial charge in [-0.05, 0) is 18.8 Å². The van der Waals surface area contributed by atoms with Crippen LogP contribution in [0.2, 0.25) is 0 Å². The molecule has 3 nitrogen and oxygen atoms in total.